The Bertz CT molecular complexity index is 708. The Kier molecular flexibility index (Phi) is 6.07. The molecule has 0 atom stereocenters. The van der Waals surface area contributed by atoms with Crippen molar-refractivity contribution in [3.8, 4) is 11.8 Å². The minimum absolute atomic E-state index is 0.0473. The normalized spacial score (nSPS) is 9.96. The number of ether oxygens (including phenoxy) is 1. The van der Waals surface area contributed by atoms with Crippen LogP contribution in [0.25, 0.3) is 0 Å². The summed E-state index contributed by atoms with van der Waals surface area (Å²) in [5.74, 6) is 0.413. The summed E-state index contributed by atoms with van der Waals surface area (Å²) in [5.41, 5.74) is 1.59. The first-order valence-corrected chi connectivity index (χ1v) is 8.34. The number of rotatable bonds is 6. The maximum atomic E-state index is 12.1. The summed E-state index contributed by atoms with van der Waals surface area (Å²) in [6.45, 7) is 0.489. The third-order valence-corrected chi connectivity index (χ3v) is 4.07. The average molecular weight is 326 g/mol. The summed E-state index contributed by atoms with van der Waals surface area (Å²) in [7, 11) is 1.75. The second-order valence-corrected chi connectivity index (χ2v) is 5.91. The minimum Gasteiger partial charge on any atom is -0.484 e. The third kappa shape index (κ3) is 5.04. The van der Waals surface area contributed by atoms with Crippen LogP contribution in [0.3, 0.4) is 0 Å². The number of thioether (sulfide) groups is 1. The maximum Gasteiger partial charge on any atom is 0.260 e. The molecule has 0 unspecified atom stereocenters. The van der Waals surface area contributed by atoms with E-state index < -0.39 is 0 Å². The third-order valence-electron chi connectivity index (χ3n) is 3.33. The van der Waals surface area contributed by atoms with Gasteiger partial charge in [0.1, 0.15) is 5.75 Å². The Labute approximate surface area is 140 Å². The van der Waals surface area contributed by atoms with E-state index in [1.807, 2.05) is 36.6 Å². The number of hydrogen-bond donors (Lipinski definition) is 0. The van der Waals surface area contributed by atoms with Gasteiger partial charge in [-0.1, -0.05) is 18.2 Å². The number of amides is 1. The molecule has 0 aromatic heterocycles. The molecule has 5 heteroatoms. The van der Waals surface area contributed by atoms with Crippen molar-refractivity contribution < 1.29 is 9.53 Å². The molecule has 0 N–H and O–H groups in total. The highest BCUT2D eigenvalue weighted by atomic mass is 32.2. The molecular weight excluding hydrogens is 308 g/mol. The van der Waals surface area contributed by atoms with Crippen molar-refractivity contribution in [1.82, 2.24) is 4.90 Å². The summed E-state index contributed by atoms with van der Waals surface area (Å²) in [5, 5.41) is 8.85. The predicted molar refractivity (Wildman–Crippen MR) is 91.3 cm³/mol. The Morgan fingerprint density at radius 2 is 2.00 bits per heavy atom. The lowest BCUT2D eigenvalue weighted by atomic mass is 10.2. The Morgan fingerprint density at radius 1 is 1.26 bits per heavy atom. The molecule has 118 valence electrons. The van der Waals surface area contributed by atoms with Crippen molar-refractivity contribution in [2.75, 3.05) is 19.9 Å². The van der Waals surface area contributed by atoms with Crippen LogP contribution in [0.15, 0.2) is 53.4 Å². The highest BCUT2D eigenvalue weighted by molar-refractivity contribution is 7.98. The number of nitrogens with zero attached hydrogens (tertiary/aromatic N) is 2. The summed E-state index contributed by atoms with van der Waals surface area (Å²) >= 11 is 1.69. The zero-order valence-electron chi connectivity index (χ0n) is 13.2. The fraction of sp³-hybridized carbons (Fsp3) is 0.222. The standard InChI is InChI=1S/C18H18N2O2S/c1-20(12-14-6-8-17(23-2)9-7-14)18(21)13-22-16-5-3-4-15(10-16)11-19/h3-10H,12-13H2,1-2H3. The van der Waals surface area contributed by atoms with Crippen molar-refractivity contribution in [3.05, 3.63) is 59.7 Å². The molecule has 0 fully saturated rings. The minimum atomic E-state index is -0.110. The molecule has 4 nitrogen and oxygen atoms in total. The summed E-state index contributed by atoms with van der Waals surface area (Å²) in [6.07, 6.45) is 2.03. The van der Waals surface area contributed by atoms with E-state index in [1.165, 1.54) is 4.90 Å². The average Bonchev–Trinajstić information content (AvgIpc) is 2.60. The van der Waals surface area contributed by atoms with Crippen LogP contribution in [-0.2, 0) is 11.3 Å². The molecule has 0 aliphatic rings. The van der Waals surface area contributed by atoms with E-state index in [-0.39, 0.29) is 12.5 Å². The molecule has 0 radical (unpaired) electrons. The predicted octanol–water partition coefficient (Wildman–Crippen LogP) is 3.32. The lowest BCUT2D eigenvalue weighted by molar-refractivity contribution is -0.132. The highest BCUT2D eigenvalue weighted by Crippen LogP contribution is 2.16. The van der Waals surface area contributed by atoms with Crippen molar-refractivity contribution in [1.29, 1.82) is 5.26 Å². The lowest BCUT2D eigenvalue weighted by Crippen LogP contribution is -2.30. The molecule has 1 amide bonds. The molecule has 0 saturated carbocycles. The molecule has 2 rings (SSSR count). The second kappa shape index (κ2) is 8.25. The van der Waals surface area contributed by atoms with Crippen LogP contribution in [0.5, 0.6) is 5.75 Å². The van der Waals surface area contributed by atoms with Gasteiger partial charge < -0.3 is 9.64 Å². The first kappa shape index (κ1) is 16.9. The van der Waals surface area contributed by atoms with Crippen molar-refractivity contribution in [3.63, 3.8) is 0 Å². The largest absolute Gasteiger partial charge is 0.484 e. The van der Waals surface area contributed by atoms with Gasteiger partial charge in [-0.05, 0) is 42.2 Å². The van der Waals surface area contributed by atoms with Crippen LogP contribution in [0.2, 0.25) is 0 Å². The van der Waals surface area contributed by atoms with Crippen molar-refractivity contribution in [2.45, 2.75) is 11.4 Å². The molecule has 0 bridgehead atoms. The zero-order valence-corrected chi connectivity index (χ0v) is 14.0. The van der Waals surface area contributed by atoms with E-state index in [0.29, 0.717) is 17.9 Å². The number of likely N-dealkylation sites (N-methyl/N-ethyl adjacent to an activating group) is 1. The molecule has 0 aliphatic carbocycles. The van der Waals surface area contributed by atoms with Gasteiger partial charge in [-0.3, -0.25) is 4.79 Å². The van der Waals surface area contributed by atoms with Gasteiger partial charge in [0.25, 0.3) is 5.91 Å². The Balaban J connectivity index is 1.88. The zero-order chi connectivity index (χ0) is 16.7. The molecule has 0 aliphatic heterocycles. The number of nitriles is 1. The van der Waals surface area contributed by atoms with Gasteiger partial charge in [-0.2, -0.15) is 5.26 Å². The molecule has 2 aromatic rings. The summed E-state index contributed by atoms with van der Waals surface area (Å²) < 4.78 is 5.46. The van der Waals surface area contributed by atoms with E-state index >= 15 is 0 Å². The van der Waals surface area contributed by atoms with E-state index in [9.17, 15) is 4.79 Å². The summed E-state index contributed by atoms with van der Waals surface area (Å²) in [6, 6.07) is 16.9. The number of carbonyl (C=O) groups excluding carboxylic acids is 1. The van der Waals surface area contributed by atoms with Crippen LogP contribution >= 0.6 is 11.8 Å². The first-order valence-electron chi connectivity index (χ1n) is 7.12. The topological polar surface area (TPSA) is 53.3 Å². The van der Waals surface area contributed by atoms with Gasteiger partial charge in [-0.15, -0.1) is 11.8 Å². The van der Waals surface area contributed by atoms with E-state index in [1.54, 1.807) is 48.0 Å². The van der Waals surface area contributed by atoms with Gasteiger partial charge in [-0.25, -0.2) is 0 Å². The van der Waals surface area contributed by atoms with Crippen molar-refractivity contribution in [2.24, 2.45) is 0 Å². The monoisotopic (exact) mass is 326 g/mol. The quantitative estimate of drug-likeness (QED) is 0.764. The van der Waals surface area contributed by atoms with E-state index in [4.69, 9.17) is 10.00 Å². The van der Waals surface area contributed by atoms with Crippen LogP contribution in [0.4, 0.5) is 0 Å². The Hall–Kier alpha value is -2.45. The summed E-state index contributed by atoms with van der Waals surface area (Å²) in [4.78, 5) is 15.0. The molecular formula is C18H18N2O2S. The van der Waals surface area contributed by atoms with E-state index in [0.717, 1.165) is 5.56 Å². The van der Waals surface area contributed by atoms with Crippen LogP contribution in [0, 0.1) is 11.3 Å². The highest BCUT2D eigenvalue weighted by Gasteiger charge is 2.10. The number of hydrogen-bond acceptors (Lipinski definition) is 4. The van der Waals surface area contributed by atoms with Gasteiger partial charge in [0, 0.05) is 18.5 Å². The smallest absolute Gasteiger partial charge is 0.260 e. The Morgan fingerprint density at radius 3 is 2.65 bits per heavy atom. The SMILES string of the molecule is CSc1ccc(CN(C)C(=O)COc2cccc(C#N)c2)cc1. The second-order valence-electron chi connectivity index (χ2n) is 5.03. The maximum absolute atomic E-state index is 12.1. The van der Waals surface area contributed by atoms with Gasteiger partial charge >= 0.3 is 0 Å². The molecule has 0 heterocycles. The molecule has 23 heavy (non-hydrogen) atoms. The molecule has 2 aromatic carbocycles. The number of benzene rings is 2. The van der Waals surface area contributed by atoms with Crippen LogP contribution in [-0.4, -0.2) is 30.7 Å². The molecule has 0 spiro atoms. The van der Waals surface area contributed by atoms with E-state index in [2.05, 4.69) is 0 Å². The van der Waals surface area contributed by atoms with Crippen LogP contribution < -0.4 is 4.74 Å². The van der Waals surface area contributed by atoms with Gasteiger partial charge in [0.2, 0.25) is 0 Å². The fourth-order valence-electron chi connectivity index (χ4n) is 2.00. The van der Waals surface area contributed by atoms with Crippen molar-refractivity contribution >= 4 is 17.7 Å². The molecule has 0 saturated heterocycles. The lowest BCUT2D eigenvalue weighted by Gasteiger charge is -2.17. The first-order chi connectivity index (χ1) is 11.1. The van der Waals surface area contributed by atoms with Gasteiger partial charge in [0.15, 0.2) is 6.61 Å². The van der Waals surface area contributed by atoms with Gasteiger partial charge in [0.05, 0.1) is 11.6 Å². The number of carbonyl (C=O) groups is 1. The fourth-order valence-corrected chi connectivity index (χ4v) is 2.41. The van der Waals surface area contributed by atoms with Crippen LogP contribution in [0.1, 0.15) is 11.1 Å².